The zero-order chi connectivity index (χ0) is 28.0. The first-order valence-electron chi connectivity index (χ1n) is 15.0. The summed E-state index contributed by atoms with van der Waals surface area (Å²) in [4.78, 5) is 26.4. The molecule has 0 radical (unpaired) electrons. The number of nitrogens with zero attached hydrogens (tertiary/aromatic N) is 5. The molecule has 2 unspecified atom stereocenters. The van der Waals surface area contributed by atoms with Gasteiger partial charge >= 0.3 is 0 Å². The van der Waals surface area contributed by atoms with Gasteiger partial charge in [0.2, 0.25) is 5.88 Å². The third-order valence-electron chi connectivity index (χ3n) is 9.64. The quantitative estimate of drug-likeness (QED) is 0.374. The highest BCUT2D eigenvalue weighted by Crippen LogP contribution is 2.64. The number of hydrogen-bond donors (Lipinski definition) is 2. The van der Waals surface area contributed by atoms with Crippen molar-refractivity contribution in [2.75, 3.05) is 29.9 Å². The van der Waals surface area contributed by atoms with E-state index in [9.17, 15) is 4.79 Å². The summed E-state index contributed by atoms with van der Waals surface area (Å²) in [5, 5.41) is 8.12. The average Bonchev–Trinajstić information content (AvgIpc) is 3.58. The fourth-order valence-corrected chi connectivity index (χ4v) is 7.48. The average molecular weight is 574 g/mol. The Morgan fingerprint density at radius 2 is 2.00 bits per heavy atom. The first-order valence-corrected chi connectivity index (χ1v) is 15.8. The number of nitrogens with one attached hydrogen (secondary N) is 2. The Morgan fingerprint density at radius 1 is 1.10 bits per heavy atom. The lowest BCUT2D eigenvalue weighted by Crippen LogP contribution is -2.40. The molecule has 1 amide bonds. The maximum Gasteiger partial charge on any atom is 0.265 e. The van der Waals surface area contributed by atoms with Gasteiger partial charge in [0, 0.05) is 42.0 Å². The number of anilines is 2. The van der Waals surface area contributed by atoms with Crippen molar-refractivity contribution in [3.63, 3.8) is 0 Å². The fourth-order valence-electron chi connectivity index (χ4n) is 6.92. The van der Waals surface area contributed by atoms with Crippen LogP contribution < -0.4 is 19.7 Å². The van der Waals surface area contributed by atoms with Crippen molar-refractivity contribution < 1.29 is 9.53 Å². The molecular weight excluding hydrogens is 534 g/mol. The molecule has 0 aromatic carbocycles. The van der Waals surface area contributed by atoms with Gasteiger partial charge in [-0.15, -0.1) is 5.10 Å². The molecule has 3 fully saturated rings. The van der Waals surface area contributed by atoms with E-state index in [2.05, 4.69) is 33.8 Å². The molecule has 3 aliphatic heterocycles. The van der Waals surface area contributed by atoms with Crippen LogP contribution in [0.4, 0.5) is 11.6 Å². The second kappa shape index (κ2) is 10.5. The molecule has 3 aromatic heterocycles. The lowest BCUT2D eigenvalue weighted by atomic mass is 9.71. The summed E-state index contributed by atoms with van der Waals surface area (Å²) in [6.45, 7) is 7.04. The van der Waals surface area contributed by atoms with E-state index in [-0.39, 0.29) is 11.4 Å². The van der Waals surface area contributed by atoms with E-state index in [1.165, 1.54) is 37.6 Å². The summed E-state index contributed by atoms with van der Waals surface area (Å²) < 4.78 is 10.9. The van der Waals surface area contributed by atoms with Crippen molar-refractivity contribution in [2.45, 2.75) is 75.6 Å². The molecule has 41 heavy (non-hydrogen) atoms. The van der Waals surface area contributed by atoms with Gasteiger partial charge in [-0.2, -0.15) is 0 Å². The minimum Gasteiger partial charge on any atom is -0.476 e. The maximum absolute atomic E-state index is 13.6. The highest BCUT2D eigenvalue weighted by molar-refractivity contribution is 7.98. The first-order chi connectivity index (χ1) is 19.9. The van der Waals surface area contributed by atoms with Gasteiger partial charge in [0.05, 0.1) is 12.2 Å². The lowest BCUT2D eigenvalue weighted by molar-refractivity contribution is 0.0815. The number of hydrogen-bond acceptors (Lipinski definition) is 8. The van der Waals surface area contributed by atoms with Crippen LogP contribution in [0.3, 0.4) is 0 Å². The summed E-state index contributed by atoms with van der Waals surface area (Å²) in [6, 6.07) is 9.60. The smallest absolute Gasteiger partial charge is 0.265 e. The Kier molecular flexibility index (Phi) is 6.84. The van der Waals surface area contributed by atoms with Crippen LogP contribution in [0.1, 0.15) is 75.6 Å². The molecule has 4 bridgehead atoms. The van der Waals surface area contributed by atoms with Crippen LogP contribution in [0.25, 0.3) is 5.82 Å². The number of carbonyl (C=O) groups excluding carboxylic acids is 1. The number of rotatable bonds is 4. The second-order valence-corrected chi connectivity index (χ2v) is 13.8. The monoisotopic (exact) mass is 573 g/mol. The van der Waals surface area contributed by atoms with E-state index >= 15 is 0 Å². The Labute approximate surface area is 246 Å². The van der Waals surface area contributed by atoms with E-state index in [1.54, 1.807) is 10.9 Å². The zero-order valence-electron chi connectivity index (χ0n) is 23.9. The molecule has 1 spiro atoms. The predicted octanol–water partition coefficient (Wildman–Crippen LogP) is 5.87. The molecule has 6 heterocycles. The predicted molar refractivity (Wildman–Crippen MR) is 161 cm³/mol. The van der Waals surface area contributed by atoms with Gasteiger partial charge in [0.25, 0.3) is 5.91 Å². The Hall–Kier alpha value is -3.27. The second-order valence-electron chi connectivity index (χ2n) is 12.9. The van der Waals surface area contributed by atoms with Gasteiger partial charge in [0.15, 0.2) is 5.82 Å². The number of carbonyl (C=O) groups is 1. The molecule has 9 nitrogen and oxygen atoms in total. The molecule has 2 atom stereocenters. The third kappa shape index (κ3) is 5.38. The Balaban J connectivity index is 1.16. The lowest BCUT2D eigenvalue weighted by Gasteiger charge is -2.36. The number of amides is 1. The maximum atomic E-state index is 13.6. The summed E-state index contributed by atoms with van der Waals surface area (Å²) in [7, 11) is 0. The van der Waals surface area contributed by atoms with Crippen molar-refractivity contribution >= 4 is 29.5 Å². The molecule has 5 aliphatic rings. The van der Waals surface area contributed by atoms with E-state index in [0.717, 1.165) is 56.1 Å². The summed E-state index contributed by atoms with van der Waals surface area (Å²) in [6.07, 6.45) is 13.5. The van der Waals surface area contributed by atoms with Crippen molar-refractivity contribution in [2.24, 2.45) is 17.3 Å². The van der Waals surface area contributed by atoms with Crippen LogP contribution in [-0.4, -0.2) is 50.9 Å². The van der Waals surface area contributed by atoms with Crippen molar-refractivity contribution in [3.8, 4) is 11.7 Å². The van der Waals surface area contributed by atoms with Gasteiger partial charge in [-0.25, -0.2) is 14.6 Å². The van der Waals surface area contributed by atoms with Crippen LogP contribution in [0, 0.1) is 17.3 Å². The zero-order valence-corrected chi connectivity index (χ0v) is 24.8. The van der Waals surface area contributed by atoms with Crippen molar-refractivity contribution in [1.82, 2.24) is 24.5 Å². The minimum atomic E-state index is -0.172. The topological polar surface area (TPSA) is 97.2 Å². The molecule has 2 aliphatic carbocycles. The van der Waals surface area contributed by atoms with Crippen molar-refractivity contribution in [3.05, 3.63) is 48.3 Å². The molecule has 216 valence electrons. The number of aromatic nitrogens is 4. The van der Waals surface area contributed by atoms with E-state index < -0.39 is 0 Å². The summed E-state index contributed by atoms with van der Waals surface area (Å²) in [5.74, 6) is 3.91. The van der Waals surface area contributed by atoms with Gasteiger partial charge in [-0.1, -0.05) is 6.42 Å². The highest BCUT2D eigenvalue weighted by atomic mass is 32.2. The number of fused-ring (bicyclic) bond motifs is 8. The Bertz CT molecular complexity index is 1420. The first kappa shape index (κ1) is 26.6. The molecule has 2 N–H and O–H groups in total. The number of ether oxygens (including phenoxy) is 1. The molecule has 1 saturated heterocycles. The van der Waals surface area contributed by atoms with Crippen LogP contribution >= 0.6 is 11.9 Å². The highest BCUT2D eigenvalue weighted by Gasteiger charge is 2.55. The normalized spacial score (nSPS) is 24.6. The summed E-state index contributed by atoms with van der Waals surface area (Å²) in [5.41, 5.74) is 1.02. The fraction of sp³-hybridized carbons (Fsp3) is 0.548. The van der Waals surface area contributed by atoms with Gasteiger partial charge in [-0.05, 0) is 112 Å². The SMILES string of the molecule is CC1(C)CC2CCCCNc3ccc(cn3)SNC(=O)c3ccc(-n4ccc(OCC5CCC56CC6)n4)nc3N1C2. The van der Waals surface area contributed by atoms with Crippen molar-refractivity contribution in [1.29, 1.82) is 0 Å². The Morgan fingerprint density at radius 3 is 2.78 bits per heavy atom. The molecule has 3 aromatic rings. The minimum absolute atomic E-state index is 0.124. The van der Waals surface area contributed by atoms with E-state index in [1.807, 2.05) is 36.5 Å². The van der Waals surface area contributed by atoms with Crippen LogP contribution in [-0.2, 0) is 0 Å². The molecule has 10 heteroatoms. The van der Waals surface area contributed by atoms with Crippen LogP contribution in [0.5, 0.6) is 5.88 Å². The van der Waals surface area contributed by atoms with E-state index in [0.29, 0.717) is 40.3 Å². The standard InChI is InChI=1S/C31H39N7O2S/c1-30(2)17-21-5-3-4-15-32-25-8-6-23(18-33-25)41-36-29(39)24-7-9-26(34-28(24)37(30)19-21)38-16-11-27(35-38)40-20-22-10-12-31(22)13-14-31/h6-9,11,16,18,21-22H,3-5,10,12-15,17,19-20H2,1-2H3,(H,32,33)(H,36,39). The molecule has 8 rings (SSSR count). The van der Waals surface area contributed by atoms with Crippen LogP contribution in [0.15, 0.2) is 47.6 Å². The third-order valence-corrected chi connectivity index (χ3v) is 10.4. The molecule has 2 saturated carbocycles. The van der Waals surface area contributed by atoms with Gasteiger partial charge < -0.3 is 15.0 Å². The van der Waals surface area contributed by atoms with E-state index in [4.69, 9.17) is 14.8 Å². The largest absolute Gasteiger partial charge is 0.476 e. The summed E-state index contributed by atoms with van der Waals surface area (Å²) >= 11 is 1.27. The van der Waals surface area contributed by atoms with Gasteiger partial charge in [-0.3, -0.25) is 9.52 Å². The van der Waals surface area contributed by atoms with Gasteiger partial charge in [0.1, 0.15) is 11.6 Å². The van der Waals surface area contributed by atoms with Crippen LogP contribution in [0.2, 0.25) is 0 Å². The number of pyridine rings is 2. The molecular formula is C31H39N7O2S.